The molecule has 0 unspecified atom stereocenters. The maximum atomic E-state index is 8.29. The van der Waals surface area contributed by atoms with Crippen molar-refractivity contribution in [3.8, 4) is 0 Å². The maximum Gasteiger partial charge on any atom is 0.137 e. The predicted octanol–water partition coefficient (Wildman–Crippen LogP) is 3.19. The number of hydrogen-bond acceptors (Lipinski definition) is 4. The van der Waals surface area contributed by atoms with Crippen molar-refractivity contribution in [2.75, 3.05) is 11.1 Å². The standard InChI is InChI=1S/C15H22N4/c16-12-8-9-18-15(13(12)14(17)10-6-7-10)19-11-4-2-1-3-5-11/h8-11,17H,1-7H2,(H3,16,18,19). The second-order valence-electron chi connectivity index (χ2n) is 5.79. The van der Waals surface area contributed by atoms with Crippen molar-refractivity contribution in [1.29, 1.82) is 5.41 Å². The number of nitrogens with two attached hydrogens (primary N) is 1. The number of nitrogens with one attached hydrogen (secondary N) is 2. The first kappa shape index (κ1) is 12.5. The molecule has 2 saturated carbocycles. The monoisotopic (exact) mass is 258 g/mol. The van der Waals surface area contributed by atoms with Gasteiger partial charge in [0.25, 0.3) is 0 Å². The van der Waals surface area contributed by atoms with Crippen LogP contribution in [0.1, 0.15) is 50.5 Å². The van der Waals surface area contributed by atoms with Crippen LogP contribution in [-0.4, -0.2) is 16.7 Å². The lowest BCUT2D eigenvalue weighted by Gasteiger charge is -2.25. The van der Waals surface area contributed by atoms with Crippen LogP contribution in [0.3, 0.4) is 0 Å². The average molecular weight is 258 g/mol. The van der Waals surface area contributed by atoms with Crippen LogP contribution >= 0.6 is 0 Å². The highest BCUT2D eigenvalue weighted by Gasteiger charge is 2.30. The number of rotatable bonds is 4. The van der Waals surface area contributed by atoms with E-state index in [9.17, 15) is 0 Å². The van der Waals surface area contributed by atoms with E-state index in [1.165, 1.54) is 32.1 Å². The second kappa shape index (κ2) is 5.19. The number of anilines is 2. The van der Waals surface area contributed by atoms with Crippen molar-refractivity contribution in [3.63, 3.8) is 0 Å². The molecule has 0 amide bonds. The Morgan fingerprint density at radius 1 is 1.21 bits per heavy atom. The van der Waals surface area contributed by atoms with Gasteiger partial charge in [0.1, 0.15) is 5.82 Å². The summed E-state index contributed by atoms with van der Waals surface area (Å²) >= 11 is 0. The van der Waals surface area contributed by atoms with Gasteiger partial charge >= 0.3 is 0 Å². The molecule has 0 aliphatic heterocycles. The summed E-state index contributed by atoms with van der Waals surface area (Å²) in [5, 5.41) is 11.8. The zero-order chi connectivity index (χ0) is 13.2. The van der Waals surface area contributed by atoms with E-state index in [2.05, 4.69) is 10.3 Å². The van der Waals surface area contributed by atoms with Gasteiger partial charge in [-0.05, 0) is 31.7 Å². The molecule has 0 saturated heterocycles. The van der Waals surface area contributed by atoms with Crippen LogP contribution in [0.5, 0.6) is 0 Å². The number of pyridine rings is 1. The molecule has 19 heavy (non-hydrogen) atoms. The molecule has 3 rings (SSSR count). The molecule has 4 nitrogen and oxygen atoms in total. The molecule has 0 aromatic carbocycles. The van der Waals surface area contributed by atoms with E-state index < -0.39 is 0 Å². The Morgan fingerprint density at radius 3 is 2.63 bits per heavy atom. The molecular formula is C15H22N4. The molecular weight excluding hydrogens is 236 g/mol. The lowest BCUT2D eigenvalue weighted by atomic mass is 9.95. The first-order valence-corrected chi connectivity index (χ1v) is 7.35. The summed E-state index contributed by atoms with van der Waals surface area (Å²) < 4.78 is 0. The van der Waals surface area contributed by atoms with Crippen LogP contribution in [0.2, 0.25) is 0 Å². The van der Waals surface area contributed by atoms with Crippen molar-refractivity contribution in [2.45, 2.75) is 51.0 Å². The van der Waals surface area contributed by atoms with Crippen LogP contribution in [0.15, 0.2) is 12.3 Å². The van der Waals surface area contributed by atoms with Crippen LogP contribution in [-0.2, 0) is 0 Å². The fourth-order valence-electron chi connectivity index (χ4n) is 2.89. The van der Waals surface area contributed by atoms with E-state index in [4.69, 9.17) is 11.1 Å². The summed E-state index contributed by atoms with van der Waals surface area (Å²) in [6, 6.07) is 2.30. The second-order valence-corrected chi connectivity index (χ2v) is 5.79. The zero-order valence-electron chi connectivity index (χ0n) is 11.3. The number of nitrogen functional groups attached to an aromatic ring is 1. The van der Waals surface area contributed by atoms with Gasteiger partial charge in [0.2, 0.25) is 0 Å². The SMILES string of the molecule is N=C(c1c(N)ccnc1NC1CCCCC1)C1CC1. The molecule has 0 radical (unpaired) electrons. The molecule has 1 aromatic heterocycles. The van der Waals surface area contributed by atoms with Crippen molar-refractivity contribution in [1.82, 2.24) is 4.98 Å². The van der Waals surface area contributed by atoms with Crippen molar-refractivity contribution < 1.29 is 0 Å². The first-order valence-electron chi connectivity index (χ1n) is 7.35. The first-order chi connectivity index (χ1) is 9.25. The summed E-state index contributed by atoms with van der Waals surface area (Å²) in [4.78, 5) is 4.43. The smallest absolute Gasteiger partial charge is 0.137 e. The molecule has 0 spiro atoms. The van der Waals surface area contributed by atoms with Crippen LogP contribution in [0.25, 0.3) is 0 Å². The molecule has 102 valence electrons. The topological polar surface area (TPSA) is 74.8 Å². The van der Waals surface area contributed by atoms with E-state index in [1.807, 2.05) is 0 Å². The molecule has 4 N–H and O–H groups in total. The highest BCUT2D eigenvalue weighted by molar-refractivity contribution is 6.09. The summed E-state index contributed by atoms with van der Waals surface area (Å²) in [5.41, 5.74) is 8.27. The van der Waals surface area contributed by atoms with Crippen molar-refractivity contribution >= 4 is 17.2 Å². The normalized spacial score (nSPS) is 20.2. The third-order valence-corrected chi connectivity index (χ3v) is 4.18. The molecule has 2 aliphatic carbocycles. The molecule has 1 heterocycles. The van der Waals surface area contributed by atoms with Gasteiger partial charge < -0.3 is 16.5 Å². The molecule has 1 aromatic rings. The summed E-state index contributed by atoms with van der Waals surface area (Å²) in [7, 11) is 0. The Hall–Kier alpha value is -1.58. The minimum absolute atomic E-state index is 0.401. The summed E-state index contributed by atoms with van der Waals surface area (Å²) in [6.07, 6.45) is 10.3. The van der Waals surface area contributed by atoms with E-state index in [0.717, 1.165) is 24.2 Å². The van der Waals surface area contributed by atoms with E-state index >= 15 is 0 Å². The third kappa shape index (κ3) is 2.72. The number of aromatic nitrogens is 1. The fraction of sp³-hybridized carbons (Fsp3) is 0.600. The molecule has 4 heteroatoms. The Morgan fingerprint density at radius 2 is 1.95 bits per heavy atom. The molecule has 2 aliphatic rings. The van der Waals surface area contributed by atoms with Gasteiger partial charge in [-0.25, -0.2) is 4.98 Å². The van der Waals surface area contributed by atoms with Gasteiger partial charge in [-0.15, -0.1) is 0 Å². The minimum atomic E-state index is 0.401. The van der Waals surface area contributed by atoms with E-state index in [0.29, 0.717) is 23.4 Å². The fourth-order valence-corrected chi connectivity index (χ4v) is 2.89. The highest BCUT2D eigenvalue weighted by Crippen LogP contribution is 2.36. The lowest BCUT2D eigenvalue weighted by Crippen LogP contribution is -2.24. The van der Waals surface area contributed by atoms with Crippen LogP contribution in [0, 0.1) is 11.3 Å². The van der Waals surface area contributed by atoms with Gasteiger partial charge in [-0.2, -0.15) is 0 Å². The summed E-state index contributed by atoms with van der Waals surface area (Å²) in [6.45, 7) is 0. The van der Waals surface area contributed by atoms with E-state index in [1.54, 1.807) is 12.3 Å². The van der Waals surface area contributed by atoms with Crippen molar-refractivity contribution in [2.24, 2.45) is 5.92 Å². The Balaban J connectivity index is 1.82. The zero-order valence-corrected chi connectivity index (χ0v) is 11.3. The average Bonchev–Trinajstić information content (AvgIpc) is 3.24. The highest BCUT2D eigenvalue weighted by atomic mass is 15.0. The largest absolute Gasteiger partial charge is 0.398 e. The van der Waals surface area contributed by atoms with E-state index in [-0.39, 0.29) is 0 Å². The van der Waals surface area contributed by atoms with Crippen LogP contribution in [0.4, 0.5) is 11.5 Å². The van der Waals surface area contributed by atoms with Gasteiger partial charge in [0.05, 0.1) is 5.56 Å². The maximum absolute atomic E-state index is 8.29. The summed E-state index contributed by atoms with van der Waals surface area (Å²) in [5.74, 6) is 1.22. The predicted molar refractivity (Wildman–Crippen MR) is 78.7 cm³/mol. The Kier molecular flexibility index (Phi) is 3.40. The third-order valence-electron chi connectivity index (χ3n) is 4.18. The van der Waals surface area contributed by atoms with Gasteiger partial charge in [-0.1, -0.05) is 19.3 Å². The molecule has 0 atom stereocenters. The number of hydrogen-bond donors (Lipinski definition) is 3. The molecule has 0 bridgehead atoms. The lowest BCUT2D eigenvalue weighted by molar-refractivity contribution is 0.462. The Labute approximate surface area is 114 Å². The van der Waals surface area contributed by atoms with Gasteiger partial charge in [-0.3, -0.25) is 0 Å². The Bertz CT molecular complexity index is 473. The van der Waals surface area contributed by atoms with Gasteiger partial charge in [0.15, 0.2) is 0 Å². The van der Waals surface area contributed by atoms with Gasteiger partial charge in [0, 0.05) is 29.6 Å². The molecule has 2 fully saturated rings. The quantitative estimate of drug-likeness (QED) is 0.726. The minimum Gasteiger partial charge on any atom is -0.398 e. The number of nitrogens with zero attached hydrogens (tertiary/aromatic N) is 1. The van der Waals surface area contributed by atoms with Crippen LogP contribution < -0.4 is 11.1 Å². The van der Waals surface area contributed by atoms with Crippen molar-refractivity contribution in [3.05, 3.63) is 17.8 Å².